The minimum Gasteiger partial charge on any atom is -0.338 e. The summed E-state index contributed by atoms with van der Waals surface area (Å²) in [5.41, 5.74) is 11.1. The van der Waals surface area contributed by atoms with E-state index in [4.69, 9.17) is 5.73 Å². The molecule has 5 nitrogen and oxygen atoms in total. The highest BCUT2D eigenvalue weighted by Crippen LogP contribution is 2.32. The fourth-order valence-corrected chi connectivity index (χ4v) is 4.29. The van der Waals surface area contributed by atoms with Gasteiger partial charge in [-0.25, -0.2) is 0 Å². The molecule has 0 saturated carbocycles. The molecule has 0 saturated heterocycles. The van der Waals surface area contributed by atoms with Gasteiger partial charge in [0, 0.05) is 23.3 Å². The summed E-state index contributed by atoms with van der Waals surface area (Å²) in [6, 6.07) is 24.9. The first kappa shape index (κ1) is 20.0. The Balaban J connectivity index is 1.53. The van der Waals surface area contributed by atoms with Gasteiger partial charge in [0.2, 0.25) is 5.91 Å². The normalized spacial score (nSPS) is 11.2. The Bertz CT molecular complexity index is 1400. The number of nitrogens with two attached hydrogens (primary N) is 1. The summed E-state index contributed by atoms with van der Waals surface area (Å²) in [7, 11) is 0. The molecule has 2 aromatic heterocycles. The van der Waals surface area contributed by atoms with Gasteiger partial charge in [-0.2, -0.15) is 0 Å². The third kappa shape index (κ3) is 3.86. The Morgan fingerprint density at radius 3 is 2.69 bits per heavy atom. The van der Waals surface area contributed by atoms with Crippen molar-refractivity contribution in [3.8, 4) is 11.1 Å². The monoisotopic (exact) mass is 420 g/mol. The number of carbonyl (C=O) groups is 1. The Kier molecular flexibility index (Phi) is 5.40. The van der Waals surface area contributed by atoms with Crippen molar-refractivity contribution in [2.75, 3.05) is 11.9 Å². The van der Waals surface area contributed by atoms with Crippen LogP contribution in [0.25, 0.3) is 32.8 Å². The molecule has 2 heterocycles. The molecule has 3 N–H and O–H groups in total. The van der Waals surface area contributed by atoms with Crippen molar-refractivity contribution in [2.45, 2.75) is 13.0 Å². The van der Waals surface area contributed by atoms with E-state index in [0.29, 0.717) is 12.2 Å². The first-order chi connectivity index (χ1) is 15.7. The predicted molar refractivity (Wildman–Crippen MR) is 131 cm³/mol. The van der Waals surface area contributed by atoms with E-state index in [0.717, 1.165) is 28.5 Å². The van der Waals surface area contributed by atoms with Crippen LogP contribution >= 0.6 is 0 Å². The molecule has 0 aliphatic rings. The van der Waals surface area contributed by atoms with E-state index in [9.17, 15) is 4.79 Å². The van der Waals surface area contributed by atoms with Crippen molar-refractivity contribution in [2.24, 2.45) is 5.73 Å². The van der Waals surface area contributed by atoms with E-state index in [2.05, 4.69) is 71.0 Å². The molecule has 0 aliphatic heterocycles. The summed E-state index contributed by atoms with van der Waals surface area (Å²) < 4.78 is 2.00. The molecule has 32 heavy (non-hydrogen) atoms. The molecule has 0 aliphatic carbocycles. The number of aromatic nitrogens is 2. The van der Waals surface area contributed by atoms with Crippen molar-refractivity contribution in [1.29, 1.82) is 0 Å². The molecular weight excluding hydrogens is 396 g/mol. The number of pyridine rings is 1. The number of anilines is 1. The minimum absolute atomic E-state index is 0.0904. The second kappa shape index (κ2) is 8.65. The summed E-state index contributed by atoms with van der Waals surface area (Å²) >= 11 is 0. The third-order valence-corrected chi connectivity index (χ3v) is 5.74. The maximum atomic E-state index is 12.6. The van der Waals surface area contributed by atoms with Crippen LogP contribution < -0.4 is 11.1 Å². The molecule has 0 bridgehead atoms. The molecule has 3 aromatic carbocycles. The smallest absolute Gasteiger partial charge is 0.244 e. The molecule has 0 atom stereocenters. The van der Waals surface area contributed by atoms with Crippen LogP contribution in [0.3, 0.4) is 0 Å². The molecule has 1 amide bonds. The van der Waals surface area contributed by atoms with Crippen LogP contribution in [0.5, 0.6) is 0 Å². The molecular formula is C27H24N4O. The second-order valence-corrected chi connectivity index (χ2v) is 7.87. The van der Waals surface area contributed by atoms with Gasteiger partial charge in [0.1, 0.15) is 6.54 Å². The molecule has 0 unspecified atom stereocenters. The highest BCUT2D eigenvalue weighted by molar-refractivity contribution is 5.99. The number of hydrogen-bond donors (Lipinski definition) is 2. The number of rotatable bonds is 6. The van der Waals surface area contributed by atoms with E-state index >= 15 is 0 Å². The highest BCUT2D eigenvalue weighted by atomic mass is 16.1. The minimum atomic E-state index is -0.0904. The molecule has 0 spiro atoms. The third-order valence-electron chi connectivity index (χ3n) is 5.74. The van der Waals surface area contributed by atoms with Crippen LogP contribution in [0.1, 0.15) is 5.56 Å². The van der Waals surface area contributed by atoms with Crippen molar-refractivity contribution in [1.82, 2.24) is 9.55 Å². The van der Waals surface area contributed by atoms with Crippen LogP contribution in [-0.2, 0) is 17.8 Å². The van der Waals surface area contributed by atoms with Crippen molar-refractivity contribution >= 4 is 33.3 Å². The van der Waals surface area contributed by atoms with E-state index < -0.39 is 0 Å². The number of hydrogen-bond acceptors (Lipinski definition) is 3. The lowest BCUT2D eigenvalue weighted by atomic mass is 9.96. The molecule has 0 radical (unpaired) electrons. The van der Waals surface area contributed by atoms with Gasteiger partial charge >= 0.3 is 0 Å². The Morgan fingerprint density at radius 2 is 1.84 bits per heavy atom. The number of benzene rings is 3. The number of amides is 1. The zero-order chi connectivity index (χ0) is 21.9. The second-order valence-electron chi connectivity index (χ2n) is 7.87. The zero-order valence-electron chi connectivity index (χ0n) is 17.7. The van der Waals surface area contributed by atoms with Crippen molar-refractivity contribution in [3.05, 3.63) is 97.0 Å². The van der Waals surface area contributed by atoms with Gasteiger partial charge in [-0.05, 0) is 64.7 Å². The maximum absolute atomic E-state index is 12.6. The van der Waals surface area contributed by atoms with Crippen LogP contribution in [0.2, 0.25) is 0 Å². The van der Waals surface area contributed by atoms with Gasteiger partial charge in [0.15, 0.2) is 0 Å². The average molecular weight is 421 g/mol. The summed E-state index contributed by atoms with van der Waals surface area (Å²) in [6.45, 7) is 0.781. The quantitative estimate of drug-likeness (QED) is 0.406. The van der Waals surface area contributed by atoms with Crippen LogP contribution in [-0.4, -0.2) is 22.0 Å². The summed E-state index contributed by atoms with van der Waals surface area (Å²) in [5, 5.41) is 6.49. The largest absolute Gasteiger partial charge is 0.338 e. The van der Waals surface area contributed by atoms with Gasteiger partial charge in [0.05, 0.1) is 11.9 Å². The number of nitrogens with one attached hydrogen (secondary N) is 1. The van der Waals surface area contributed by atoms with Gasteiger partial charge in [0.25, 0.3) is 0 Å². The number of carbonyl (C=O) groups excluding carboxylic acids is 1. The highest BCUT2D eigenvalue weighted by Gasteiger charge is 2.13. The SMILES string of the molecule is NCCc1cn(CC(=O)Nc2cccnc2)c2ccc(-c3cccc4ccccc34)cc12. The average Bonchev–Trinajstić information content (AvgIpc) is 3.16. The molecule has 5 rings (SSSR count). The summed E-state index contributed by atoms with van der Waals surface area (Å²) in [5.74, 6) is -0.0904. The fourth-order valence-electron chi connectivity index (χ4n) is 4.29. The molecule has 5 heteroatoms. The summed E-state index contributed by atoms with van der Waals surface area (Å²) in [6.07, 6.45) is 6.13. The lowest BCUT2D eigenvalue weighted by Gasteiger charge is -2.09. The summed E-state index contributed by atoms with van der Waals surface area (Å²) in [4.78, 5) is 16.7. The first-order valence-electron chi connectivity index (χ1n) is 10.7. The lowest BCUT2D eigenvalue weighted by molar-refractivity contribution is -0.116. The topological polar surface area (TPSA) is 72.9 Å². The number of fused-ring (bicyclic) bond motifs is 2. The Hall–Kier alpha value is -3.96. The van der Waals surface area contributed by atoms with E-state index in [-0.39, 0.29) is 12.5 Å². The lowest BCUT2D eigenvalue weighted by Crippen LogP contribution is -2.18. The fraction of sp³-hybridized carbons (Fsp3) is 0.111. The van der Waals surface area contributed by atoms with Crippen LogP contribution in [0.4, 0.5) is 5.69 Å². The first-order valence-corrected chi connectivity index (χ1v) is 10.7. The van der Waals surface area contributed by atoms with Crippen LogP contribution in [0, 0.1) is 0 Å². The zero-order valence-corrected chi connectivity index (χ0v) is 17.7. The molecule has 0 fully saturated rings. The van der Waals surface area contributed by atoms with Crippen LogP contribution in [0.15, 0.2) is 91.4 Å². The van der Waals surface area contributed by atoms with Gasteiger partial charge in [-0.3, -0.25) is 9.78 Å². The Labute approximate surface area is 186 Å². The molecule has 5 aromatic rings. The van der Waals surface area contributed by atoms with Crippen molar-refractivity contribution in [3.63, 3.8) is 0 Å². The maximum Gasteiger partial charge on any atom is 0.244 e. The number of nitrogens with zero attached hydrogens (tertiary/aromatic N) is 2. The van der Waals surface area contributed by atoms with Crippen molar-refractivity contribution < 1.29 is 4.79 Å². The standard InChI is InChI=1S/C27H24N4O/c28-13-12-21-17-31(18-27(32)30-22-7-4-14-29-16-22)26-11-10-20(15-25(21)26)24-9-3-6-19-5-1-2-8-23(19)24/h1-11,14-17H,12-13,18,28H2,(H,30,32). The van der Waals surface area contributed by atoms with E-state index in [1.807, 2.05) is 16.8 Å². The predicted octanol–water partition coefficient (Wildman–Crippen LogP) is 5.00. The Morgan fingerprint density at radius 1 is 0.969 bits per heavy atom. The van der Waals surface area contributed by atoms with Gasteiger partial charge < -0.3 is 15.6 Å². The van der Waals surface area contributed by atoms with Gasteiger partial charge in [-0.1, -0.05) is 48.5 Å². The van der Waals surface area contributed by atoms with E-state index in [1.165, 1.54) is 16.3 Å². The van der Waals surface area contributed by atoms with Gasteiger partial charge in [-0.15, -0.1) is 0 Å². The molecule has 158 valence electrons. The van der Waals surface area contributed by atoms with E-state index in [1.54, 1.807) is 18.5 Å².